The predicted molar refractivity (Wildman–Crippen MR) is 85.7 cm³/mol. The number of nitrogens with zero attached hydrogens (tertiary/aromatic N) is 2. The lowest BCUT2D eigenvalue weighted by atomic mass is 10.2. The van der Waals surface area contributed by atoms with E-state index in [-0.39, 0.29) is 4.90 Å². The van der Waals surface area contributed by atoms with E-state index in [0.717, 1.165) is 5.56 Å². The van der Waals surface area contributed by atoms with Gasteiger partial charge >= 0.3 is 0 Å². The third kappa shape index (κ3) is 3.63. The number of nitrogens with one attached hydrogen (secondary N) is 2. The summed E-state index contributed by atoms with van der Waals surface area (Å²) in [6.45, 7) is 2.43. The Morgan fingerprint density at radius 3 is 2.62 bits per heavy atom. The standard InChI is InChI=1S/C13H17BrN4O2S/c1-9-12(8-18(3)16-9)17-21(19,20)13-5-4-10(7-15-2)6-11(13)14/h4-6,8,15,17H,7H2,1-3H3. The average molecular weight is 373 g/mol. The molecule has 6 nitrogen and oxygen atoms in total. The Hall–Kier alpha value is -1.38. The van der Waals surface area contributed by atoms with Gasteiger partial charge in [0.15, 0.2) is 0 Å². The normalized spacial score (nSPS) is 11.6. The molecule has 0 atom stereocenters. The van der Waals surface area contributed by atoms with Crippen molar-refractivity contribution in [3.8, 4) is 0 Å². The van der Waals surface area contributed by atoms with Crippen LogP contribution in [0.15, 0.2) is 33.8 Å². The molecule has 0 radical (unpaired) electrons. The number of aryl methyl sites for hydroxylation is 2. The summed E-state index contributed by atoms with van der Waals surface area (Å²) in [6, 6.07) is 5.16. The van der Waals surface area contributed by atoms with Crippen LogP contribution in [-0.4, -0.2) is 25.2 Å². The van der Waals surface area contributed by atoms with Crippen molar-refractivity contribution in [2.45, 2.75) is 18.4 Å². The highest BCUT2D eigenvalue weighted by atomic mass is 79.9. The number of rotatable bonds is 5. The monoisotopic (exact) mass is 372 g/mol. The first-order valence-electron chi connectivity index (χ1n) is 6.29. The van der Waals surface area contributed by atoms with Crippen molar-refractivity contribution >= 4 is 31.6 Å². The summed E-state index contributed by atoms with van der Waals surface area (Å²) < 4.78 is 29.6. The van der Waals surface area contributed by atoms with Crippen LogP contribution >= 0.6 is 15.9 Å². The van der Waals surface area contributed by atoms with Gasteiger partial charge in [-0.3, -0.25) is 9.40 Å². The van der Waals surface area contributed by atoms with Gasteiger partial charge in [-0.2, -0.15) is 5.10 Å². The third-order valence-corrected chi connectivity index (χ3v) is 5.27. The molecule has 0 saturated heterocycles. The Morgan fingerprint density at radius 2 is 2.10 bits per heavy atom. The molecule has 8 heteroatoms. The van der Waals surface area contributed by atoms with Gasteiger partial charge in [0.1, 0.15) is 4.90 Å². The molecular formula is C13H17BrN4O2S. The maximum atomic E-state index is 12.5. The molecule has 0 aliphatic carbocycles. The van der Waals surface area contributed by atoms with E-state index >= 15 is 0 Å². The summed E-state index contributed by atoms with van der Waals surface area (Å²) in [5.74, 6) is 0. The first-order chi connectivity index (χ1) is 9.83. The second-order valence-corrected chi connectivity index (χ2v) is 7.21. The maximum Gasteiger partial charge on any atom is 0.263 e. The minimum absolute atomic E-state index is 0.200. The van der Waals surface area contributed by atoms with Crippen molar-refractivity contribution in [1.82, 2.24) is 15.1 Å². The SMILES string of the molecule is CNCc1ccc(S(=O)(=O)Nc2cn(C)nc2C)c(Br)c1. The van der Waals surface area contributed by atoms with Crippen molar-refractivity contribution in [2.24, 2.45) is 7.05 Å². The number of aromatic nitrogens is 2. The molecule has 0 fully saturated rings. The fourth-order valence-electron chi connectivity index (χ4n) is 1.98. The molecule has 0 aliphatic heterocycles. The van der Waals surface area contributed by atoms with Crippen molar-refractivity contribution in [3.05, 3.63) is 40.1 Å². The number of hydrogen-bond acceptors (Lipinski definition) is 4. The fourth-order valence-corrected chi connectivity index (χ4v) is 4.20. The minimum Gasteiger partial charge on any atom is -0.316 e. The number of sulfonamides is 1. The largest absolute Gasteiger partial charge is 0.316 e. The van der Waals surface area contributed by atoms with E-state index in [9.17, 15) is 8.42 Å². The Balaban J connectivity index is 2.33. The molecule has 0 saturated carbocycles. The Morgan fingerprint density at radius 1 is 1.38 bits per heavy atom. The highest BCUT2D eigenvalue weighted by molar-refractivity contribution is 9.10. The van der Waals surface area contributed by atoms with Gasteiger partial charge in [0.05, 0.1) is 11.4 Å². The molecule has 0 aliphatic rings. The zero-order valence-electron chi connectivity index (χ0n) is 12.0. The van der Waals surface area contributed by atoms with E-state index in [2.05, 4.69) is 31.1 Å². The van der Waals surface area contributed by atoms with Gasteiger partial charge in [-0.1, -0.05) is 6.07 Å². The van der Waals surface area contributed by atoms with Gasteiger partial charge in [0, 0.05) is 24.3 Å². The zero-order valence-corrected chi connectivity index (χ0v) is 14.4. The van der Waals surface area contributed by atoms with Crippen molar-refractivity contribution in [2.75, 3.05) is 11.8 Å². The van der Waals surface area contributed by atoms with Crippen LogP contribution in [-0.2, 0) is 23.6 Å². The second-order valence-electron chi connectivity index (χ2n) is 4.70. The zero-order chi connectivity index (χ0) is 15.6. The quantitative estimate of drug-likeness (QED) is 0.841. The van der Waals surface area contributed by atoms with Gasteiger partial charge in [0.2, 0.25) is 0 Å². The van der Waals surface area contributed by atoms with E-state index in [1.165, 1.54) is 0 Å². The number of benzene rings is 1. The maximum absolute atomic E-state index is 12.5. The van der Waals surface area contributed by atoms with E-state index in [1.807, 2.05) is 7.05 Å². The predicted octanol–water partition coefficient (Wildman–Crippen LogP) is 2.01. The Kier molecular flexibility index (Phi) is 4.70. The molecule has 0 unspecified atom stereocenters. The topological polar surface area (TPSA) is 76.0 Å². The molecule has 21 heavy (non-hydrogen) atoms. The molecule has 0 bridgehead atoms. The third-order valence-electron chi connectivity index (χ3n) is 2.92. The van der Waals surface area contributed by atoms with Crippen LogP contribution in [0.4, 0.5) is 5.69 Å². The minimum atomic E-state index is -3.66. The van der Waals surface area contributed by atoms with Crippen molar-refractivity contribution in [3.63, 3.8) is 0 Å². The van der Waals surface area contributed by atoms with E-state index in [1.54, 1.807) is 43.0 Å². The van der Waals surface area contributed by atoms with Crippen LogP contribution in [0.5, 0.6) is 0 Å². The van der Waals surface area contributed by atoms with Crippen molar-refractivity contribution in [1.29, 1.82) is 0 Å². The summed E-state index contributed by atoms with van der Waals surface area (Å²) >= 11 is 3.32. The summed E-state index contributed by atoms with van der Waals surface area (Å²) in [4.78, 5) is 0.200. The smallest absolute Gasteiger partial charge is 0.263 e. The van der Waals surface area contributed by atoms with Crippen LogP contribution in [0.1, 0.15) is 11.3 Å². The molecule has 2 rings (SSSR count). The lowest BCUT2D eigenvalue weighted by Crippen LogP contribution is -2.14. The van der Waals surface area contributed by atoms with E-state index in [0.29, 0.717) is 22.4 Å². The van der Waals surface area contributed by atoms with Gasteiger partial charge in [-0.15, -0.1) is 0 Å². The summed E-state index contributed by atoms with van der Waals surface area (Å²) in [6.07, 6.45) is 1.64. The van der Waals surface area contributed by atoms with Crippen LogP contribution in [0.2, 0.25) is 0 Å². The Bertz CT molecular complexity index is 756. The summed E-state index contributed by atoms with van der Waals surface area (Å²) in [7, 11) is -0.0736. The first-order valence-corrected chi connectivity index (χ1v) is 8.57. The van der Waals surface area contributed by atoms with Crippen LogP contribution in [0.25, 0.3) is 0 Å². The molecule has 2 N–H and O–H groups in total. The molecule has 114 valence electrons. The molecule has 1 aromatic heterocycles. The highest BCUT2D eigenvalue weighted by Crippen LogP contribution is 2.26. The fraction of sp³-hybridized carbons (Fsp3) is 0.308. The van der Waals surface area contributed by atoms with Gasteiger partial charge < -0.3 is 5.32 Å². The molecule has 1 aromatic carbocycles. The van der Waals surface area contributed by atoms with Crippen molar-refractivity contribution < 1.29 is 8.42 Å². The first kappa shape index (κ1) is 16.0. The summed E-state index contributed by atoms with van der Waals surface area (Å²) in [5.41, 5.74) is 2.11. The van der Waals surface area contributed by atoms with E-state index < -0.39 is 10.0 Å². The molecule has 0 spiro atoms. The van der Waals surface area contributed by atoms with E-state index in [4.69, 9.17) is 0 Å². The number of hydrogen-bond donors (Lipinski definition) is 2. The number of halogens is 1. The van der Waals surface area contributed by atoms with Gasteiger partial charge in [0.25, 0.3) is 10.0 Å². The molecule has 1 heterocycles. The van der Waals surface area contributed by atoms with Crippen LogP contribution in [0.3, 0.4) is 0 Å². The molecule has 2 aromatic rings. The lowest BCUT2D eigenvalue weighted by Gasteiger charge is -2.10. The lowest BCUT2D eigenvalue weighted by molar-refractivity contribution is 0.600. The van der Waals surface area contributed by atoms with Crippen LogP contribution < -0.4 is 10.0 Å². The van der Waals surface area contributed by atoms with Gasteiger partial charge in [-0.05, 0) is 47.6 Å². The highest BCUT2D eigenvalue weighted by Gasteiger charge is 2.19. The summed E-state index contributed by atoms with van der Waals surface area (Å²) in [5, 5.41) is 7.14. The second kappa shape index (κ2) is 6.17. The van der Waals surface area contributed by atoms with Gasteiger partial charge in [-0.25, -0.2) is 8.42 Å². The average Bonchev–Trinajstić information content (AvgIpc) is 2.67. The molecule has 0 amide bonds. The number of anilines is 1. The van der Waals surface area contributed by atoms with Crippen LogP contribution in [0, 0.1) is 6.92 Å². The Labute approximate surface area is 132 Å². The molecular weight excluding hydrogens is 356 g/mol.